The normalized spacial score (nSPS) is 13.4. The van der Waals surface area contributed by atoms with Crippen LogP contribution in [-0.4, -0.2) is 41.6 Å². The van der Waals surface area contributed by atoms with Crippen LogP contribution in [0.15, 0.2) is 48.5 Å². The number of hydrogen-bond acceptors (Lipinski definition) is 6. The molecular formula is C20H22O6. The first-order chi connectivity index (χ1) is 12.4. The molecule has 6 heteroatoms. The summed E-state index contributed by atoms with van der Waals surface area (Å²) in [5.41, 5.74) is 1.73. The maximum Gasteiger partial charge on any atom is 0.337 e. The fraction of sp³-hybridized carbons (Fsp3) is 0.250. The van der Waals surface area contributed by atoms with E-state index in [1.807, 2.05) is 0 Å². The molecule has 0 aliphatic carbocycles. The molecule has 0 amide bonds. The van der Waals surface area contributed by atoms with E-state index in [0.29, 0.717) is 16.9 Å². The van der Waals surface area contributed by atoms with Gasteiger partial charge >= 0.3 is 5.97 Å². The van der Waals surface area contributed by atoms with Crippen molar-refractivity contribution in [3.8, 4) is 11.5 Å². The van der Waals surface area contributed by atoms with E-state index >= 15 is 0 Å². The van der Waals surface area contributed by atoms with Crippen molar-refractivity contribution in [2.75, 3.05) is 14.2 Å². The largest absolute Gasteiger partial charge is 0.504 e. The van der Waals surface area contributed by atoms with Crippen LogP contribution in [0.2, 0.25) is 0 Å². The number of ether oxygens (including phenoxy) is 2. The van der Waals surface area contributed by atoms with E-state index in [1.165, 1.54) is 20.3 Å². The predicted molar refractivity (Wildman–Crippen MR) is 97.1 cm³/mol. The summed E-state index contributed by atoms with van der Waals surface area (Å²) in [6.45, 7) is 0. The molecule has 0 aromatic heterocycles. The Labute approximate surface area is 151 Å². The fourth-order valence-corrected chi connectivity index (χ4v) is 2.42. The molecule has 138 valence electrons. The molecule has 0 heterocycles. The number of esters is 1. The lowest BCUT2D eigenvalue weighted by Crippen LogP contribution is -2.10. The number of benzene rings is 2. The van der Waals surface area contributed by atoms with E-state index in [2.05, 4.69) is 4.74 Å². The van der Waals surface area contributed by atoms with E-state index in [4.69, 9.17) is 4.74 Å². The molecule has 0 aliphatic heterocycles. The topological polar surface area (TPSA) is 96.2 Å². The molecule has 0 bridgehead atoms. The number of hydrogen-bond donors (Lipinski definition) is 3. The Bertz CT molecular complexity index is 766. The Morgan fingerprint density at radius 2 is 1.81 bits per heavy atom. The van der Waals surface area contributed by atoms with E-state index in [1.54, 1.807) is 48.6 Å². The van der Waals surface area contributed by atoms with Gasteiger partial charge in [0.15, 0.2) is 11.5 Å². The first-order valence-electron chi connectivity index (χ1n) is 8.04. The number of aromatic hydroxyl groups is 1. The predicted octanol–water partition coefficient (Wildman–Crippen LogP) is 2.69. The molecular weight excluding hydrogens is 336 g/mol. The molecule has 2 atom stereocenters. The molecule has 0 spiro atoms. The zero-order chi connectivity index (χ0) is 19.1. The van der Waals surface area contributed by atoms with Crippen LogP contribution in [-0.2, 0) is 4.74 Å². The Morgan fingerprint density at radius 1 is 1.12 bits per heavy atom. The molecule has 2 rings (SSSR count). The van der Waals surface area contributed by atoms with Crippen LogP contribution in [0.5, 0.6) is 11.5 Å². The standard InChI is InChI=1S/C20H22O6/c1-25-19-11-13(4-10-17(19)22)3-9-16(21)12-18(23)14-5-7-15(8-6-14)20(24)26-2/h3-11,16,18,21-23H,12H2,1-2H3/b9-3+. The van der Waals surface area contributed by atoms with Crippen molar-refractivity contribution in [1.29, 1.82) is 0 Å². The minimum absolute atomic E-state index is 0.0380. The lowest BCUT2D eigenvalue weighted by atomic mass is 10.0. The third-order valence-electron chi connectivity index (χ3n) is 3.90. The number of phenols is 1. The van der Waals surface area contributed by atoms with Gasteiger partial charge < -0.3 is 24.8 Å². The Hall–Kier alpha value is -2.83. The third-order valence-corrected chi connectivity index (χ3v) is 3.90. The number of aliphatic hydroxyl groups excluding tert-OH is 2. The second-order valence-corrected chi connectivity index (χ2v) is 5.72. The first kappa shape index (κ1) is 19.5. The van der Waals surface area contributed by atoms with Crippen LogP contribution in [0.1, 0.15) is 34.0 Å². The molecule has 0 saturated carbocycles. The highest BCUT2D eigenvalue weighted by molar-refractivity contribution is 5.89. The lowest BCUT2D eigenvalue weighted by molar-refractivity contribution is 0.0600. The van der Waals surface area contributed by atoms with Gasteiger partial charge in [0.2, 0.25) is 0 Å². The van der Waals surface area contributed by atoms with Gasteiger partial charge in [-0.2, -0.15) is 0 Å². The summed E-state index contributed by atoms with van der Waals surface area (Å²) < 4.78 is 9.65. The molecule has 6 nitrogen and oxygen atoms in total. The maximum atomic E-state index is 11.4. The van der Waals surface area contributed by atoms with Gasteiger partial charge in [-0.15, -0.1) is 0 Å². The second kappa shape index (κ2) is 9.03. The fourth-order valence-electron chi connectivity index (χ4n) is 2.42. The zero-order valence-electron chi connectivity index (χ0n) is 14.6. The molecule has 0 saturated heterocycles. The van der Waals surface area contributed by atoms with Gasteiger partial charge in [-0.3, -0.25) is 0 Å². The summed E-state index contributed by atoms with van der Waals surface area (Å²) in [4.78, 5) is 11.4. The summed E-state index contributed by atoms with van der Waals surface area (Å²) in [6, 6.07) is 11.2. The van der Waals surface area contributed by atoms with Crippen molar-refractivity contribution in [3.05, 3.63) is 65.2 Å². The van der Waals surface area contributed by atoms with E-state index in [-0.39, 0.29) is 12.2 Å². The van der Waals surface area contributed by atoms with Crippen LogP contribution in [0.25, 0.3) is 6.08 Å². The first-order valence-corrected chi connectivity index (χ1v) is 8.04. The van der Waals surface area contributed by atoms with Gasteiger partial charge in [0.05, 0.1) is 32.0 Å². The quantitative estimate of drug-likeness (QED) is 0.659. The highest BCUT2D eigenvalue weighted by atomic mass is 16.5. The van der Waals surface area contributed by atoms with Crippen molar-refractivity contribution in [3.63, 3.8) is 0 Å². The van der Waals surface area contributed by atoms with Crippen LogP contribution >= 0.6 is 0 Å². The molecule has 3 N–H and O–H groups in total. The number of phenolic OH excluding ortho intramolecular Hbond substituents is 1. The van der Waals surface area contributed by atoms with Gasteiger partial charge in [0.1, 0.15) is 0 Å². The summed E-state index contributed by atoms with van der Waals surface area (Å²) in [5.74, 6) is -0.0678. The average molecular weight is 358 g/mol. The average Bonchev–Trinajstić information content (AvgIpc) is 2.66. The van der Waals surface area contributed by atoms with Crippen molar-refractivity contribution in [2.45, 2.75) is 18.6 Å². The molecule has 2 aromatic carbocycles. The van der Waals surface area contributed by atoms with Crippen LogP contribution in [0.4, 0.5) is 0 Å². The van der Waals surface area contributed by atoms with E-state index < -0.39 is 18.2 Å². The Morgan fingerprint density at radius 3 is 2.42 bits per heavy atom. The Kier molecular flexibility index (Phi) is 6.77. The van der Waals surface area contributed by atoms with Gasteiger partial charge in [-0.05, 0) is 35.4 Å². The molecule has 2 aromatic rings. The van der Waals surface area contributed by atoms with Crippen molar-refractivity contribution in [1.82, 2.24) is 0 Å². The highest BCUT2D eigenvalue weighted by Crippen LogP contribution is 2.27. The lowest BCUT2D eigenvalue weighted by Gasteiger charge is -2.14. The minimum atomic E-state index is -0.879. The summed E-state index contributed by atoms with van der Waals surface area (Å²) in [7, 11) is 2.76. The van der Waals surface area contributed by atoms with Gasteiger partial charge in [-0.1, -0.05) is 30.4 Å². The number of aliphatic hydroxyl groups is 2. The third kappa shape index (κ3) is 5.08. The molecule has 0 fully saturated rings. The Balaban J connectivity index is 1.98. The SMILES string of the molecule is COC(=O)c1ccc(C(O)CC(O)/C=C/c2ccc(O)c(OC)c2)cc1. The van der Waals surface area contributed by atoms with Gasteiger partial charge in [0.25, 0.3) is 0 Å². The summed E-state index contributed by atoms with van der Waals surface area (Å²) in [6.07, 6.45) is 1.58. The maximum absolute atomic E-state index is 11.4. The second-order valence-electron chi connectivity index (χ2n) is 5.72. The molecule has 2 unspecified atom stereocenters. The van der Waals surface area contributed by atoms with E-state index in [9.17, 15) is 20.1 Å². The van der Waals surface area contributed by atoms with Crippen molar-refractivity contribution < 1.29 is 29.6 Å². The highest BCUT2D eigenvalue weighted by Gasteiger charge is 2.13. The number of methoxy groups -OCH3 is 2. The summed E-state index contributed by atoms with van der Waals surface area (Å²) >= 11 is 0. The van der Waals surface area contributed by atoms with Crippen molar-refractivity contribution in [2.24, 2.45) is 0 Å². The number of carbonyl (C=O) groups is 1. The van der Waals surface area contributed by atoms with Gasteiger partial charge in [0, 0.05) is 6.42 Å². The number of rotatable bonds is 7. The summed E-state index contributed by atoms with van der Waals surface area (Å²) in [5, 5.41) is 29.9. The smallest absolute Gasteiger partial charge is 0.337 e. The molecule has 26 heavy (non-hydrogen) atoms. The van der Waals surface area contributed by atoms with Crippen LogP contribution < -0.4 is 4.74 Å². The minimum Gasteiger partial charge on any atom is -0.504 e. The zero-order valence-corrected chi connectivity index (χ0v) is 14.6. The van der Waals surface area contributed by atoms with E-state index in [0.717, 1.165) is 5.56 Å². The number of carbonyl (C=O) groups excluding carboxylic acids is 1. The molecule has 0 aliphatic rings. The van der Waals surface area contributed by atoms with Crippen LogP contribution in [0.3, 0.4) is 0 Å². The van der Waals surface area contributed by atoms with Crippen molar-refractivity contribution >= 4 is 12.0 Å². The molecule has 0 radical (unpaired) electrons. The van der Waals surface area contributed by atoms with Crippen LogP contribution in [0, 0.1) is 0 Å². The monoisotopic (exact) mass is 358 g/mol. The van der Waals surface area contributed by atoms with Gasteiger partial charge in [-0.25, -0.2) is 4.79 Å².